The predicted molar refractivity (Wildman–Crippen MR) is 77.5 cm³/mol. The molecule has 1 N–H and O–H groups in total. The molecule has 2 rings (SSSR count). The summed E-state index contributed by atoms with van der Waals surface area (Å²) in [6, 6.07) is 5.30. The van der Waals surface area contributed by atoms with Crippen LogP contribution >= 0.6 is 0 Å². The number of hydrogen-bond donors (Lipinski definition) is 1. The molecule has 0 radical (unpaired) electrons. The zero-order valence-corrected chi connectivity index (χ0v) is 12.3. The number of benzene rings is 1. The van der Waals surface area contributed by atoms with Crippen LogP contribution in [-0.2, 0) is 0 Å². The molecule has 1 saturated heterocycles. The molecule has 1 fully saturated rings. The first-order chi connectivity index (χ1) is 9.69. The third-order valence-electron chi connectivity index (χ3n) is 3.70. The van der Waals surface area contributed by atoms with E-state index in [4.69, 9.17) is 9.47 Å². The second-order valence-corrected chi connectivity index (χ2v) is 5.03. The SMILES string of the molecule is CNC[C@H]1CCN(C(=O)c2ccc(OC)cc2OC)C1. The highest BCUT2D eigenvalue weighted by atomic mass is 16.5. The lowest BCUT2D eigenvalue weighted by molar-refractivity contribution is 0.0784. The Bertz CT molecular complexity index is 476. The molecule has 1 amide bonds. The van der Waals surface area contributed by atoms with Crippen molar-refractivity contribution < 1.29 is 14.3 Å². The standard InChI is InChI=1S/C15H22N2O3/c1-16-9-11-6-7-17(10-11)15(18)13-5-4-12(19-2)8-14(13)20-3/h4-5,8,11,16H,6-7,9-10H2,1-3H3/t11-/m1/s1. The van der Waals surface area contributed by atoms with Crippen molar-refractivity contribution in [3.8, 4) is 11.5 Å². The number of ether oxygens (including phenoxy) is 2. The van der Waals surface area contributed by atoms with Crippen molar-refractivity contribution in [1.29, 1.82) is 0 Å². The van der Waals surface area contributed by atoms with Crippen molar-refractivity contribution in [2.75, 3.05) is 40.9 Å². The number of rotatable bonds is 5. The van der Waals surface area contributed by atoms with Gasteiger partial charge in [0.1, 0.15) is 11.5 Å². The molecule has 0 unspecified atom stereocenters. The zero-order chi connectivity index (χ0) is 14.5. The van der Waals surface area contributed by atoms with Gasteiger partial charge in [-0.3, -0.25) is 4.79 Å². The number of carbonyl (C=O) groups is 1. The summed E-state index contributed by atoms with van der Waals surface area (Å²) in [6.07, 6.45) is 1.05. The molecule has 5 nitrogen and oxygen atoms in total. The molecule has 1 aliphatic heterocycles. The van der Waals surface area contributed by atoms with Gasteiger partial charge in [-0.15, -0.1) is 0 Å². The van der Waals surface area contributed by atoms with E-state index in [2.05, 4.69) is 5.32 Å². The zero-order valence-electron chi connectivity index (χ0n) is 12.3. The maximum absolute atomic E-state index is 12.6. The first-order valence-electron chi connectivity index (χ1n) is 6.85. The summed E-state index contributed by atoms with van der Waals surface area (Å²) in [4.78, 5) is 14.5. The number of amides is 1. The van der Waals surface area contributed by atoms with Gasteiger partial charge in [0.05, 0.1) is 19.8 Å². The summed E-state index contributed by atoms with van der Waals surface area (Å²) in [6.45, 7) is 2.55. The molecule has 1 atom stereocenters. The first-order valence-corrected chi connectivity index (χ1v) is 6.85. The third-order valence-corrected chi connectivity index (χ3v) is 3.70. The van der Waals surface area contributed by atoms with Gasteiger partial charge in [-0.25, -0.2) is 0 Å². The fraction of sp³-hybridized carbons (Fsp3) is 0.533. The minimum Gasteiger partial charge on any atom is -0.497 e. The Kier molecular flexibility index (Phi) is 4.84. The van der Waals surface area contributed by atoms with E-state index in [1.165, 1.54) is 0 Å². The van der Waals surface area contributed by atoms with Crippen molar-refractivity contribution in [3.05, 3.63) is 23.8 Å². The van der Waals surface area contributed by atoms with Gasteiger partial charge >= 0.3 is 0 Å². The van der Waals surface area contributed by atoms with Gasteiger partial charge in [0, 0.05) is 19.2 Å². The Morgan fingerprint density at radius 1 is 1.40 bits per heavy atom. The fourth-order valence-corrected chi connectivity index (χ4v) is 2.62. The second kappa shape index (κ2) is 6.61. The lowest BCUT2D eigenvalue weighted by atomic mass is 10.1. The Balaban J connectivity index is 2.13. The Morgan fingerprint density at radius 2 is 2.20 bits per heavy atom. The lowest BCUT2D eigenvalue weighted by Gasteiger charge is -2.18. The van der Waals surface area contributed by atoms with Crippen LogP contribution in [0.1, 0.15) is 16.8 Å². The molecule has 0 saturated carbocycles. The molecule has 0 aliphatic carbocycles. The van der Waals surface area contributed by atoms with Crippen molar-refractivity contribution in [2.24, 2.45) is 5.92 Å². The van der Waals surface area contributed by atoms with Gasteiger partial charge in [0.15, 0.2) is 0 Å². The molecular weight excluding hydrogens is 256 g/mol. The third kappa shape index (κ3) is 3.04. The summed E-state index contributed by atoms with van der Waals surface area (Å²) in [5.74, 6) is 1.82. The summed E-state index contributed by atoms with van der Waals surface area (Å²) >= 11 is 0. The van der Waals surface area contributed by atoms with Gasteiger partial charge in [-0.1, -0.05) is 0 Å². The minimum atomic E-state index is 0.0307. The van der Waals surface area contributed by atoms with Crippen LogP contribution in [-0.4, -0.2) is 51.7 Å². The van der Waals surface area contributed by atoms with Crippen molar-refractivity contribution >= 4 is 5.91 Å². The van der Waals surface area contributed by atoms with Gasteiger partial charge in [0.25, 0.3) is 5.91 Å². The Labute approximate surface area is 119 Å². The summed E-state index contributed by atoms with van der Waals surface area (Å²) in [5, 5.41) is 3.17. The summed E-state index contributed by atoms with van der Waals surface area (Å²) in [5.41, 5.74) is 0.596. The van der Waals surface area contributed by atoms with Crippen LogP contribution in [0.15, 0.2) is 18.2 Å². The van der Waals surface area contributed by atoms with Crippen LogP contribution in [0, 0.1) is 5.92 Å². The molecule has 0 bridgehead atoms. The number of carbonyl (C=O) groups excluding carboxylic acids is 1. The van der Waals surface area contributed by atoms with Crippen LogP contribution in [0.4, 0.5) is 0 Å². The molecular formula is C15H22N2O3. The van der Waals surface area contributed by atoms with Gasteiger partial charge in [-0.2, -0.15) is 0 Å². The average Bonchev–Trinajstić information content (AvgIpc) is 2.94. The Hall–Kier alpha value is -1.75. The quantitative estimate of drug-likeness (QED) is 0.884. The highest BCUT2D eigenvalue weighted by Gasteiger charge is 2.28. The molecule has 20 heavy (non-hydrogen) atoms. The highest BCUT2D eigenvalue weighted by molar-refractivity contribution is 5.97. The monoisotopic (exact) mass is 278 g/mol. The molecule has 0 aromatic heterocycles. The smallest absolute Gasteiger partial charge is 0.257 e. The summed E-state index contributed by atoms with van der Waals surface area (Å²) < 4.78 is 10.5. The van der Waals surface area contributed by atoms with E-state index in [1.54, 1.807) is 32.4 Å². The van der Waals surface area contributed by atoms with E-state index in [0.29, 0.717) is 23.0 Å². The van der Waals surface area contributed by atoms with Crippen LogP contribution in [0.2, 0.25) is 0 Å². The molecule has 110 valence electrons. The van der Waals surface area contributed by atoms with E-state index >= 15 is 0 Å². The number of nitrogens with one attached hydrogen (secondary N) is 1. The molecule has 1 aromatic rings. The lowest BCUT2D eigenvalue weighted by Crippen LogP contribution is -2.30. The number of hydrogen-bond acceptors (Lipinski definition) is 4. The van der Waals surface area contributed by atoms with Crippen LogP contribution in [0.25, 0.3) is 0 Å². The number of nitrogens with zero attached hydrogens (tertiary/aromatic N) is 1. The van der Waals surface area contributed by atoms with Crippen LogP contribution in [0.3, 0.4) is 0 Å². The molecule has 0 spiro atoms. The molecule has 1 aromatic carbocycles. The minimum absolute atomic E-state index is 0.0307. The number of likely N-dealkylation sites (tertiary alicyclic amines) is 1. The topological polar surface area (TPSA) is 50.8 Å². The van der Waals surface area contributed by atoms with E-state index < -0.39 is 0 Å². The fourth-order valence-electron chi connectivity index (χ4n) is 2.62. The van der Waals surface area contributed by atoms with Crippen molar-refractivity contribution in [2.45, 2.75) is 6.42 Å². The van der Waals surface area contributed by atoms with Crippen molar-refractivity contribution in [1.82, 2.24) is 10.2 Å². The largest absolute Gasteiger partial charge is 0.497 e. The maximum atomic E-state index is 12.6. The van der Waals surface area contributed by atoms with Crippen molar-refractivity contribution in [3.63, 3.8) is 0 Å². The van der Waals surface area contributed by atoms with Crippen LogP contribution < -0.4 is 14.8 Å². The predicted octanol–water partition coefficient (Wildman–Crippen LogP) is 1.39. The summed E-state index contributed by atoms with van der Waals surface area (Å²) in [7, 11) is 5.11. The molecule has 1 aliphatic rings. The van der Waals surface area contributed by atoms with Gasteiger partial charge in [-0.05, 0) is 38.1 Å². The molecule has 1 heterocycles. The van der Waals surface area contributed by atoms with E-state index in [1.807, 2.05) is 11.9 Å². The average molecular weight is 278 g/mol. The van der Waals surface area contributed by atoms with Gasteiger partial charge < -0.3 is 19.7 Å². The second-order valence-electron chi connectivity index (χ2n) is 5.03. The van der Waals surface area contributed by atoms with E-state index in [-0.39, 0.29) is 5.91 Å². The van der Waals surface area contributed by atoms with E-state index in [9.17, 15) is 4.79 Å². The Morgan fingerprint density at radius 3 is 2.85 bits per heavy atom. The van der Waals surface area contributed by atoms with E-state index in [0.717, 1.165) is 26.1 Å². The molecule has 5 heteroatoms. The maximum Gasteiger partial charge on any atom is 0.257 e. The normalized spacial score (nSPS) is 18.1. The number of methoxy groups -OCH3 is 2. The highest BCUT2D eigenvalue weighted by Crippen LogP contribution is 2.27. The first kappa shape index (κ1) is 14.7. The van der Waals surface area contributed by atoms with Crippen LogP contribution in [0.5, 0.6) is 11.5 Å². The van der Waals surface area contributed by atoms with Gasteiger partial charge in [0.2, 0.25) is 0 Å².